The van der Waals surface area contributed by atoms with Crippen molar-refractivity contribution >= 4 is 17.7 Å². The predicted molar refractivity (Wildman–Crippen MR) is 138 cm³/mol. The van der Waals surface area contributed by atoms with Crippen molar-refractivity contribution in [3.05, 3.63) is 102 Å². The van der Waals surface area contributed by atoms with Crippen LogP contribution in [0.2, 0.25) is 0 Å². The molecule has 1 amide bonds. The van der Waals surface area contributed by atoms with Gasteiger partial charge in [-0.2, -0.15) is 5.10 Å². The number of rotatable bonds is 10. The lowest BCUT2D eigenvalue weighted by Gasteiger charge is -2.07. The molecule has 196 valence electrons. The molecule has 10 nitrogen and oxygen atoms in total. The standard InChI is InChI=1S/C28H23FN6O4/c29-21-9-5-4-8-20(21)17-35-24(22-13-15-39-34-22)16-23(33-35)28-30-14-12-25(32-28)31-26(36)10-11-27(37)38-18-19-6-2-1-3-7-19/h1-9,12-16H,10-11,17-18H2,(H,30,31,32,36). The van der Waals surface area contributed by atoms with Gasteiger partial charge in [0.1, 0.15) is 35.9 Å². The number of hydrogen-bond donors (Lipinski definition) is 1. The van der Waals surface area contributed by atoms with Gasteiger partial charge in [-0.25, -0.2) is 14.4 Å². The fraction of sp³-hybridized carbons (Fsp3) is 0.143. The summed E-state index contributed by atoms with van der Waals surface area (Å²) in [4.78, 5) is 33.1. The SMILES string of the molecule is O=C(CCC(=O)OCc1ccccc1)Nc1ccnc(-c2cc(-c3ccon3)n(Cc3ccccc3F)n2)n1. The van der Waals surface area contributed by atoms with Crippen molar-refractivity contribution in [2.75, 3.05) is 5.32 Å². The zero-order valence-electron chi connectivity index (χ0n) is 20.7. The Balaban J connectivity index is 1.25. The molecular weight excluding hydrogens is 503 g/mol. The second-order valence-corrected chi connectivity index (χ2v) is 8.51. The summed E-state index contributed by atoms with van der Waals surface area (Å²) in [5, 5.41) is 11.2. The van der Waals surface area contributed by atoms with Gasteiger partial charge in [0.15, 0.2) is 5.82 Å². The molecule has 3 heterocycles. The van der Waals surface area contributed by atoms with Gasteiger partial charge >= 0.3 is 5.97 Å². The van der Waals surface area contributed by atoms with Gasteiger partial charge in [-0.05, 0) is 23.8 Å². The zero-order chi connectivity index (χ0) is 27.0. The molecule has 3 aromatic heterocycles. The van der Waals surface area contributed by atoms with Crippen LogP contribution in [0.25, 0.3) is 22.9 Å². The Kier molecular flexibility index (Phi) is 7.77. The van der Waals surface area contributed by atoms with Gasteiger partial charge in [-0.3, -0.25) is 14.3 Å². The minimum atomic E-state index is -0.474. The lowest BCUT2D eigenvalue weighted by atomic mass is 10.2. The molecule has 0 radical (unpaired) electrons. The highest BCUT2D eigenvalue weighted by Crippen LogP contribution is 2.25. The molecule has 5 aromatic rings. The summed E-state index contributed by atoms with van der Waals surface area (Å²) in [5.74, 6) is -0.741. The van der Waals surface area contributed by atoms with E-state index in [-0.39, 0.29) is 43.5 Å². The molecule has 39 heavy (non-hydrogen) atoms. The van der Waals surface area contributed by atoms with Crippen LogP contribution < -0.4 is 5.32 Å². The maximum absolute atomic E-state index is 14.3. The Labute approximate surface area is 222 Å². The topological polar surface area (TPSA) is 125 Å². The molecule has 1 N–H and O–H groups in total. The second-order valence-electron chi connectivity index (χ2n) is 8.51. The maximum Gasteiger partial charge on any atom is 0.306 e. The lowest BCUT2D eigenvalue weighted by molar-refractivity contribution is -0.145. The van der Waals surface area contributed by atoms with Gasteiger partial charge in [-0.15, -0.1) is 0 Å². The summed E-state index contributed by atoms with van der Waals surface area (Å²) < 4.78 is 26.1. The summed E-state index contributed by atoms with van der Waals surface area (Å²) in [6, 6.07) is 20.6. The monoisotopic (exact) mass is 526 g/mol. The highest BCUT2D eigenvalue weighted by Gasteiger charge is 2.17. The highest BCUT2D eigenvalue weighted by molar-refractivity contribution is 5.91. The van der Waals surface area contributed by atoms with Gasteiger partial charge in [0.2, 0.25) is 5.91 Å². The Hall–Kier alpha value is -5.19. The molecule has 0 saturated heterocycles. The zero-order valence-corrected chi connectivity index (χ0v) is 20.7. The van der Waals surface area contributed by atoms with Gasteiger partial charge in [-0.1, -0.05) is 53.7 Å². The molecule has 0 saturated carbocycles. The van der Waals surface area contributed by atoms with E-state index in [0.29, 0.717) is 22.6 Å². The van der Waals surface area contributed by atoms with Gasteiger partial charge in [0.25, 0.3) is 0 Å². The van der Waals surface area contributed by atoms with E-state index in [1.165, 1.54) is 24.6 Å². The summed E-state index contributed by atoms with van der Waals surface area (Å²) in [5.41, 5.74) is 2.79. The number of nitrogens with one attached hydrogen (secondary N) is 1. The number of ether oxygens (including phenoxy) is 1. The summed E-state index contributed by atoms with van der Waals surface area (Å²) in [7, 11) is 0. The van der Waals surface area contributed by atoms with E-state index >= 15 is 0 Å². The number of carbonyl (C=O) groups is 2. The van der Waals surface area contributed by atoms with Crippen molar-refractivity contribution in [2.24, 2.45) is 0 Å². The lowest BCUT2D eigenvalue weighted by Crippen LogP contribution is -2.15. The van der Waals surface area contributed by atoms with Crippen LogP contribution in [0, 0.1) is 5.82 Å². The van der Waals surface area contributed by atoms with Crippen molar-refractivity contribution in [1.29, 1.82) is 0 Å². The van der Waals surface area contributed by atoms with Crippen molar-refractivity contribution in [1.82, 2.24) is 24.9 Å². The Morgan fingerprint density at radius 3 is 2.59 bits per heavy atom. The summed E-state index contributed by atoms with van der Waals surface area (Å²) in [6.45, 7) is 0.294. The van der Waals surface area contributed by atoms with Crippen LogP contribution >= 0.6 is 0 Å². The molecule has 0 aliphatic carbocycles. The number of halogens is 1. The van der Waals surface area contributed by atoms with E-state index in [1.807, 2.05) is 30.3 Å². The van der Waals surface area contributed by atoms with Gasteiger partial charge < -0.3 is 14.6 Å². The van der Waals surface area contributed by atoms with Crippen LogP contribution in [0.15, 0.2) is 89.8 Å². The van der Waals surface area contributed by atoms with Crippen LogP contribution in [0.4, 0.5) is 10.2 Å². The van der Waals surface area contributed by atoms with Crippen LogP contribution in [-0.4, -0.2) is 36.8 Å². The maximum atomic E-state index is 14.3. The normalized spacial score (nSPS) is 10.8. The van der Waals surface area contributed by atoms with Crippen molar-refractivity contribution in [3.63, 3.8) is 0 Å². The molecule has 0 spiro atoms. The largest absolute Gasteiger partial charge is 0.461 e. The Morgan fingerprint density at radius 1 is 0.974 bits per heavy atom. The molecule has 0 aliphatic rings. The first-order valence-corrected chi connectivity index (χ1v) is 12.1. The first-order chi connectivity index (χ1) is 19.0. The highest BCUT2D eigenvalue weighted by atomic mass is 19.1. The first-order valence-electron chi connectivity index (χ1n) is 12.1. The average Bonchev–Trinajstić information content (AvgIpc) is 3.63. The number of carbonyl (C=O) groups excluding carboxylic acids is 2. The Morgan fingerprint density at radius 2 is 1.79 bits per heavy atom. The van der Waals surface area contributed by atoms with E-state index < -0.39 is 11.9 Å². The minimum Gasteiger partial charge on any atom is -0.461 e. The Bertz CT molecular complexity index is 1570. The van der Waals surface area contributed by atoms with Crippen LogP contribution in [0.3, 0.4) is 0 Å². The van der Waals surface area contributed by atoms with Crippen LogP contribution in [0.1, 0.15) is 24.0 Å². The summed E-state index contributed by atoms with van der Waals surface area (Å²) >= 11 is 0. The van der Waals surface area contributed by atoms with E-state index in [0.717, 1.165) is 5.56 Å². The number of benzene rings is 2. The van der Waals surface area contributed by atoms with Gasteiger partial charge in [0.05, 0.1) is 18.7 Å². The van der Waals surface area contributed by atoms with E-state index in [9.17, 15) is 14.0 Å². The van der Waals surface area contributed by atoms with Crippen LogP contribution in [0.5, 0.6) is 0 Å². The molecule has 0 aliphatic heterocycles. The van der Waals surface area contributed by atoms with E-state index in [4.69, 9.17) is 9.26 Å². The predicted octanol–water partition coefficient (Wildman–Crippen LogP) is 4.64. The molecule has 0 unspecified atom stereocenters. The fourth-order valence-electron chi connectivity index (χ4n) is 3.77. The first kappa shape index (κ1) is 25.5. The smallest absolute Gasteiger partial charge is 0.306 e. The number of hydrogen-bond acceptors (Lipinski definition) is 8. The number of amides is 1. The number of esters is 1. The van der Waals surface area contributed by atoms with Crippen LogP contribution in [-0.2, 0) is 27.5 Å². The molecule has 5 rings (SSSR count). The molecule has 0 atom stereocenters. The molecule has 0 bridgehead atoms. The number of aromatic nitrogens is 5. The average molecular weight is 527 g/mol. The molecule has 0 fully saturated rings. The second kappa shape index (κ2) is 11.9. The van der Waals surface area contributed by atoms with Crippen molar-refractivity contribution < 1.29 is 23.2 Å². The minimum absolute atomic E-state index is 0.0689. The fourth-order valence-corrected chi connectivity index (χ4v) is 3.77. The third-order valence-electron chi connectivity index (χ3n) is 5.71. The third-order valence-corrected chi connectivity index (χ3v) is 5.71. The summed E-state index contributed by atoms with van der Waals surface area (Å²) in [6.07, 6.45) is 2.77. The van der Waals surface area contributed by atoms with Crippen molar-refractivity contribution in [2.45, 2.75) is 26.0 Å². The van der Waals surface area contributed by atoms with E-state index in [2.05, 4.69) is 25.5 Å². The third kappa shape index (κ3) is 6.58. The van der Waals surface area contributed by atoms with Gasteiger partial charge in [0, 0.05) is 24.2 Å². The molecular formula is C28H23FN6O4. The molecule has 11 heteroatoms. The quantitative estimate of drug-likeness (QED) is 0.261. The number of anilines is 1. The number of nitrogens with zero attached hydrogens (tertiary/aromatic N) is 5. The molecule has 2 aromatic carbocycles. The van der Waals surface area contributed by atoms with E-state index in [1.54, 1.807) is 35.0 Å². The van der Waals surface area contributed by atoms with Crippen molar-refractivity contribution in [3.8, 4) is 22.9 Å².